The SMILES string of the molecule is CCCCCCCCCCCCOc1ccc(C(=O)Oc2ccc([C@@H](C)CCC)cc2)cc1. The standard InChI is InChI=1S/C30H44O3/c1-4-6-7-8-9-10-11-12-13-14-24-32-28-20-18-27(19-21-28)30(31)33-29-22-16-26(17-23-29)25(3)15-5-2/h16-23,25H,4-15,24H2,1-3H3/t25-/m0/s1. The third-order valence-electron chi connectivity index (χ3n) is 6.24. The summed E-state index contributed by atoms with van der Waals surface area (Å²) in [7, 11) is 0. The molecule has 0 aliphatic carbocycles. The summed E-state index contributed by atoms with van der Waals surface area (Å²) in [6, 6.07) is 15.1. The average Bonchev–Trinajstić information content (AvgIpc) is 2.83. The van der Waals surface area contributed by atoms with Crippen LogP contribution in [0.4, 0.5) is 0 Å². The van der Waals surface area contributed by atoms with Gasteiger partial charge in [-0.15, -0.1) is 0 Å². The second-order valence-corrected chi connectivity index (χ2v) is 9.20. The van der Waals surface area contributed by atoms with Gasteiger partial charge in [-0.2, -0.15) is 0 Å². The maximum atomic E-state index is 12.4. The van der Waals surface area contributed by atoms with E-state index in [2.05, 4.69) is 20.8 Å². The van der Waals surface area contributed by atoms with Crippen LogP contribution in [0.1, 0.15) is 120 Å². The Morgan fingerprint density at radius 3 is 1.82 bits per heavy atom. The quantitative estimate of drug-likeness (QED) is 0.136. The summed E-state index contributed by atoms with van der Waals surface area (Å²) < 4.78 is 11.4. The van der Waals surface area contributed by atoms with Crippen LogP contribution in [0.2, 0.25) is 0 Å². The lowest BCUT2D eigenvalue weighted by Gasteiger charge is -2.11. The van der Waals surface area contributed by atoms with E-state index in [0.29, 0.717) is 17.2 Å². The molecule has 0 saturated carbocycles. The maximum absolute atomic E-state index is 12.4. The molecule has 0 aromatic heterocycles. The Kier molecular flexibility index (Phi) is 13.4. The molecule has 182 valence electrons. The molecule has 0 aliphatic rings. The minimum Gasteiger partial charge on any atom is -0.494 e. The third-order valence-corrected chi connectivity index (χ3v) is 6.24. The van der Waals surface area contributed by atoms with Gasteiger partial charge in [-0.1, -0.05) is 97.1 Å². The molecule has 0 aliphatic heterocycles. The molecule has 2 aromatic carbocycles. The zero-order valence-corrected chi connectivity index (χ0v) is 21.1. The van der Waals surface area contributed by atoms with E-state index in [1.54, 1.807) is 12.1 Å². The second-order valence-electron chi connectivity index (χ2n) is 9.20. The molecule has 0 spiro atoms. The first-order valence-electron chi connectivity index (χ1n) is 13.2. The van der Waals surface area contributed by atoms with Gasteiger partial charge in [-0.3, -0.25) is 0 Å². The van der Waals surface area contributed by atoms with Crippen molar-refractivity contribution >= 4 is 5.97 Å². The lowest BCUT2D eigenvalue weighted by molar-refractivity contribution is 0.0734. The maximum Gasteiger partial charge on any atom is 0.343 e. The van der Waals surface area contributed by atoms with Crippen molar-refractivity contribution in [2.75, 3.05) is 6.61 Å². The molecule has 0 heterocycles. The molecule has 1 atom stereocenters. The van der Waals surface area contributed by atoms with E-state index in [1.165, 1.54) is 63.4 Å². The smallest absolute Gasteiger partial charge is 0.343 e. The number of unbranched alkanes of at least 4 members (excludes halogenated alkanes) is 9. The van der Waals surface area contributed by atoms with E-state index in [1.807, 2.05) is 36.4 Å². The Bertz CT molecular complexity index is 764. The van der Waals surface area contributed by atoms with Crippen molar-refractivity contribution in [2.45, 2.75) is 104 Å². The number of carbonyl (C=O) groups is 1. The molecule has 3 nitrogen and oxygen atoms in total. The minimum atomic E-state index is -0.342. The molecular formula is C30H44O3. The zero-order valence-electron chi connectivity index (χ0n) is 21.1. The highest BCUT2D eigenvalue weighted by Crippen LogP contribution is 2.23. The van der Waals surface area contributed by atoms with E-state index in [9.17, 15) is 4.79 Å². The highest BCUT2D eigenvalue weighted by Gasteiger charge is 2.10. The number of benzene rings is 2. The molecule has 0 fully saturated rings. The highest BCUT2D eigenvalue weighted by molar-refractivity contribution is 5.91. The van der Waals surface area contributed by atoms with Gasteiger partial charge in [0.15, 0.2) is 0 Å². The number of ether oxygens (including phenoxy) is 2. The third kappa shape index (κ3) is 10.9. The van der Waals surface area contributed by atoms with Crippen LogP contribution in [0.15, 0.2) is 48.5 Å². The Labute approximate surface area is 201 Å². The predicted octanol–water partition coefficient (Wildman–Crippen LogP) is 9.11. The molecule has 2 rings (SSSR count). The van der Waals surface area contributed by atoms with E-state index >= 15 is 0 Å². The van der Waals surface area contributed by atoms with Crippen LogP contribution in [-0.4, -0.2) is 12.6 Å². The summed E-state index contributed by atoms with van der Waals surface area (Å²) in [6.45, 7) is 7.41. The first kappa shape index (κ1) is 27.0. The van der Waals surface area contributed by atoms with Crippen molar-refractivity contribution in [2.24, 2.45) is 0 Å². The summed E-state index contributed by atoms with van der Waals surface area (Å²) >= 11 is 0. The highest BCUT2D eigenvalue weighted by atomic mass is 16.5. The fourth-order valence-corrected chi connectivity index (χ4v) is 4.10. The predicted molar refractivity (Wildman–Crippen MR) is 139 cm³/mol. The molecule has 3 heteroatoms. The number of hydrogen-bond acceptors (Lipinski definition) is 3. The van der Waals surface area contributed by atoms with Gasteiger partial charge in [0.1, 0.15) is 11.5 Å². The van der Waals surface area contributed by atoms with Crippen molar-refractivity contribution in [1.82, 2.24) is 0 Å². The monoisotopic (exact) mass is 452 g/mol. The summed E-state index contributed by atoms with van der Waals surface area (Å²) in [5.74, 6) is 1.56. The van der Waals surface area contributed by atoms with Gasteiger partial charge >= 0.3 is 5.97 Å². The van der Waals surface area contributed by atoms with Gasteiger partial charge in [0.05, 0.1) is 12.2 Å². The Morgan fingerprint density at radius 1 is 0.697 bits per heavy atom. The van der Waals surface area contributed by atoms with Gasteiger partial charge in [-0.05, 0) is 60.7 Å². The van der Waals surface area contributed by atoms with Gasteiger partial charge in [0.25, 0.3) is 0 Å². The van der Waals surface area contributed by atoms with Crippen molar-refractivity contribution in [3.63, 3.8) is 0 Å². The fourth-order valence-electron chi connectivity index (χ4n) is 4.10. The van der Waals surface area contributed by atoms with Crippen molar-refractivity contribution in [3.05, 3.63) is 59.7 Å². The average molecular weight is 453 g/mol. The zero-order chi connectivity index (χ0) is 23.7. The fraction of sp³-hybridized carbons (Fsp3) is 0.567. The Morgan fingerprint density at radius 2 is 1.24 bits per heavy atom. The summed E-state index contributed by atoms with van der Waals surface area (Å²) in [5, 5.41) is 0. The van der Waals surface area contributed by atoms with Crippen molar-refractivity contribution in [1.29, 1.82) is 0 Å². The summed E-state index contributed by atoms with van der Waals surface area (Å²) in [4.78, 5) is 12.4. The molecule has 2 aromatic rings. The lowest BCUT2D eigenvalue weighted by Crippen LogP contribution is -2.08. The second kappa shape index (κ2) is 16.3. The van der Waals surface area contributed by atoms with E-state index < -0.39 is 0 Å². The first-order chi connectivity index (χ1) is 16.1. The summed E-state index contributed by atoms with van der Waals surface area (Å²) in [6.07, 6.45) is 15.5. The van der Waals surface area contributed by atoms with Crippen LogP contribution in [0.5, 0.6) is 11.5 Å². The van der Waals surface area contributed by atoms with Crippen molar-refractivity contribution in [3.8, 4) is 11.5 Å². The van der Waals surface area contributed by atoms with Gasteiger partial charge in [-0.25, -0.2) is 4.79 Å². The number of rotatable bonds is 17. The van der Waals surface area contributed by atoms with Crippen LogP contribution in [-0.2, 0) is 0 Å². The lowest BCUT2D eigenvalue weighted by atomic mass is 9.97. The largest absolute Gasteiger partial charge is 0.494 e. The van der Waals surface area contributed by atoms with Crippen LogP contribution >= 0.6 is 0 Å². The van der Waals surface area contributed by atoms with Crippen LogP contribution < -0.4 is 9.47 Å². The number of carbonyl (C=O) groups excluding carboxylic acids is 1. The van der Waals surface area contributed by atoms with Gasteiger partial charge in [0.2, 0.25) is 0 Å². The van der Waals surface area contributed by atoms with E-state index in [-0.39, 0.29) is 5.97 Å². The molecule has 0 N–H and O–H groups in total. The Balaban J connectivity index is 1.62. The van der Waals surface area contributed by atoms with E-state index in [4.69, 9.17) is 9.47 Å². The van der Waals surface area contributed by atoms with Crippen LogP contribution in [0.3, 0.4) is 0 Å². The topological polar surface area (TPSA) is 35.5 Å². The molecule has 0 saturated heterocycles. The molecule has 0 radical (unpaired) electrons. The number of hydrogen-bond donors (Lipinski definition) is 0. The normalized spacial score (nSPS) is 11.8. The van der Waals surface area contributed by atoms with Crippen molar-refractivity contribution < 1.29 is 14.3 Å². The molecule has 0 amide bonds. The molecular weight excluding hydrogens is 408 g/mol. The van der Waals surface area contributed by atoms with Gasteiger partial charge < -0.3 is 9.47 Å². The number of esters is 1. The van der Waals surface area contributed by atoms with Crippen LogP contribution in [0, 0.1) is 0 Å². The molecule has 0 bridgehead atoms. The summed E-state index contributed by atoms with van der Waals surface area (Å²) in [5.41, 5.74) is 1.81. The Hall–Kier alpha value is -2.29. The first-order valence-corrected chi connectivity index (χ1v) is 13.2. The van der Waals surface area contributed by atoms with Crippen LogP contribution in [0.25, 0.3) is 0 Å². The minimum absolute atomic E-state index is 0.342. The molecule has 0 unspecified atom stereocenters. The van der Waals surface area contributed by atoms with Gasteiger partial charge in [0, 0.05) is 0 Å². The van der Waals surface area contributed by atoms with E-state index in [0.717, 1.165) is 31.6 Å². The molecule has 33 heavy (non-hydrogen) atoms.